The van der Waals surface area contributed by atoms with Crippen molar-refractivity contribution in [2.75, 3.05) is 13.1 Å². The maximum absolute atomic E-state index is 11.8. The van der Waals surface area contributed by atoms with Crippen molar-refractivity contribution in [2.24, 2.45) is 5.92 Å². The Balaban J connectivity index is 1.54. The fraction of sp³-hybridized carbons (Fsp3) is 0.636. The van der Waals surface area contributed by atoms with Gasteiger partial charge in [-0.3, -0.25) is 4.79 Å². The molecule has 0 spiro atoms. The lowest BCUT2D eigenvalue weighted by molar-refractivity contribution is -0.137. The third-order valence-electron chi connectivity index (χ3n) is 3.48. The normalized spacial score (nSPS) is 19.7. The van der Waals surface area contributed by atoms with Crippen molar-refractivity contribution < 1.29 is 14.7 Å². The first kappa shape index (κ1) is 11.2. The minimum Gasteiger partial charge on any atom is -0.476 e. The van der Waals surface area contributed by atoms with Gasteiger partial charge >= 0.3 is 5.97 Å². The predicted molar refractivity (Wildman–Crippen MR) is 59.9 cm³/mol. The molecule has 2 fully saturated rings. The Hall–Kier alpha value is -1.92. The Labute approximate surface area is 103 Å². The van der Waals surface area contributed by atoms with Gasteiger partial charge in [-0.25, -0.2) is 9.48 Å². The molecular formula is C11H14N4O3. The highest BCUT2D eigenvalue weighted by Gasteiger charge is 2.35. The van der Waals surface area contributed by atoms with Crippen LogP contribution in [0.25, 0.3) is 0 Å². The Morgan fingerprint density at radius 2 is 2.11 bits per heavy atom. The number of aromatic carboxylic acids is 1. The van der Waals surface area contributed by atoms with Gasteiger partial charge in [-0.05, 0) is 18.8 Å². The fourth-order valence-corrected chi connectivity index (χ4v) is 2.08. The van der Waals surface area contributed by atoms with Crippen LogP contribution in [-0.4, -0.2) is 50.0 Å². The van der Waals surface area contributed by atoms with E-state index in [0.29, 0.717) is 25.4 Å². The molecule has 7 nitrogen and oxygen atoms in total. The number of hydrogen-bond acceptors (Lipinski definition) is 4. The van der Waals surface area contributed by atoms with E-state index in [0.717, 1.165) is 0 Å². The average molecular weight is 250 g/mol. The molecular weight excluding hydrogens is 236 g/mol. The molecule has 7 heteroatoms. The largest absolute Gasteiger partial charge is 0.476 e. The Bertz CT molecular complexity index is 488. The van der Waals surface area contributed by atoms with Crippen molar-refractivity contribution in [3.8, 4) is 0 Å². The molecule has 1 aliphatic carbocycles. The molecule has 96 valence electrons. The van der Waals surface area contributed by atoms with Gasteiger partial charge in [-0.15, -0.1) is 5.10 Å². The summed E-state index contributed by atoms with van der Waals surface area (Å²) in [5.41, 5.74) is -0.0576. The highest BCUT2D eigenvalue weighted by molar-refractivity contribution is 5.84. The highest BCUT2D eigenvalue weighted by Crippen LogP contribution is 2.34. The van der Waals surface area contributed by atoms with Crippen molar-refractivity contribution in [1.29, 1.82) is 0 Å². The van der Waals surface area contributed by atoms with Gasteiger partial charge in [0.25, 0.3) is 0 Å². The predicted octanol–water partition coefficient (Wildman–Crippen LogP) is 0.160. The highest BCUT2D eigenvalue weighted by atomic mass is 16.4. The number of likely N-dealkylation sites (tertiary alicyclic amines) is 1. The first-order chi connectivity index (χ1) is 8.63. The van der Waals surface area contributed by atoms with Crippen LogP contribution in [0.4, 0.5) is 0 Å². The van der Waals surface area contributed by atoms with Crippen LogP contribution in [0, 0.1) is 5.92 Å². The minimum atomic E-state index is -1.08. The number of carboxylic acids is 1. The van der Waals surface area contributed by atoms with Crippen LogP contribution in [0.5, 0.6) is 0 Å². The summed E-state index contributed by atoms with van der Waals surface area (Å²) in [6, 6.07) is 0.0637. The maximum atomic E-state index is 11.8. The van der Waals surface area contributed by atoms with Crippen LogP contribution < -0.4 is 0 Å². The number of amides is 1. The Kier molecular flexibility index (Phi) is 2.53. The Morgan fingerprint density at radius 3 is 2.67 bits per heavy atom. The van der Waals surface area contributed by atoms with Crippen LogP contribution in [0.15, 0.2) is 6.20 Å². The maximum Gasteiger partial charge on any atom is 0.358 e. The molecule has 3 rings (SSSR count). The molecule has 1 saturated carbocycles. The number of carbonyl (C=O) groups is 2. The molecule has 0 atom stereocenters. The lowest BCUT2D eigenvalue weighted by atomic mass is 10.1. The first-order valence-electron chi connectivity index (χ1n) is 6.06. The fourth-order valence-electron chi connectivity index (χ4n) is 2.08. The number of hydrogen-bond donors (Lipinski definition) is 1. The second-order valence-electron chi connectivity index (χ2n) is 4.99. The molecule has 1 aromatic rings. The molecule has 1 amide bonds. The van der Waals surface area contributed by atoms with E-state index in [1.165, 1.54) is 23.7 Å². The molecule has 18 heavy (non-hydrogen) atoms. The van der Waals surface area contributed by atoms with Crippen molar-refractivity contribution in [1.82, 2.24) is 19.9 Å². The van der Waals surface area contributed by atoms with E-state index in [9.17, 15) is 9.59 Å². The zero-order valence-electron chi connectivity index (χ0n) is 9.82. The standard InChI is InChI=1S/C11H14N4O3/c16-10(3-7-1-2-7)14-4-8(5-14)15-6-9(11(17)18)12-13-15/h6-8H,1-5H2,(H,17,18). The SMILES string of the molecule is O=C(O)c1cn(C2CN(C(=O)CC3CC3)C2)nn1. The van der Waals surface area contributed by atoms with E-state index in [2.05, 4.69) is 10.3 Å². The topological polar surface area (TPSA) is 88.3 Å². The Morgan fingerprint density at radius 1 is 1.39 bits per heavy atom. The van der Waals surface area contributed by atoms with E-state index >= 15 is 0 Å². The third kappa shape index (κ3) is 2.07. The minimum absolute atomic E-state index is 0.0576. The van der Waals surface area contributed by atoms with Crippen molar-refractivity contribution in [2.45, 2.75) is 25.3 Å². The van der Waals surface area contributed by atoms with E-state index in [1.54, 1.807) is 4.90 Å². The molecule has 1 aliphatic heterocycles. The van der Waals surface area contributed by atoms with Crippen molar-refractivity contribution in [3.63, 3.8) is 0 Å². The van der Waals surface area contributed by atoms with Crippen molar-refractivity contribution in [3.05, 3.63) is 11.9 Å². The van der Waals surface area contributed by atoms with Crippen LogP contribution in [0.3, 0.4) is 0 Å². The lowest BCUT2D eigenvalue weighted by Gasteiger charge is -2.39. The van der Waals surface area contributed by atoms with Gasteiger partial charge in [0, 0.05) is 19.5 Å². The first-order valence-corrected chi connectivity index (χ1v) is 6.06. The second kappa shape index (κ2) is 4.08. The van der Waals surface area contributed by atoms with Gasteiger partial charge < -0.3 is 10.0 Å². The van der Waals surface area contributed by atoms with E-state index < -0.39 is 5.97 Å². The van der Waals surface area contributed by atoms with Crippen LogP contribution in [0.2, 0.25) is 0 Å². The summed E-state index contributed by atoms with van der Waals surface area (Å²) < 4.78 is 1.53. The summed E-state index contributed by atoms with van der Waals surface area (Å²) in [6.45, 7) is 1.21. The average Bonchev–Trinajstić information content (AvgIpc) is 2.92. The quantitative estimate of drug-likeness (QED) is 0.822. The molecule has 2 heterocycles. The third-order valence-corrected chi connectivity index (χ3v) is 3.48. The summed E-state index contributed by atoms with van der Waals surface area (Å²) >= 11 is 0. The van der Waals surface area contributed by atoms with Crippen molar-refractivity contribution >= 4 is 11.9 Å². The van der Waals surface area contributed by atoms with Crippen LogP contribution in [-0.2, 0) is 4.79 Å². The number of nitrogens with zero attached hydrogens (tertiary/aromatic N) is 4. The van der Waals surface area contributed by atoms with Crippen LogP contribution >= 0.6 is 0 Å². The molecule has 1 saturated heterocycles. The number of rotatable bonds is 4. The summed E-state index contributed by atoms with van der Waals surface area (Å²) in [5.74, 6) is -0.281. The number of carbonyl (C=O) groups excluding carboxylic acids is 1. The van der Waals surface area contributed by atoms with E-state index in [1.807, 2.05) is 0 Å². The number of aromatic nitrogens is 3. The molecule has 0 radical (unpaired) electrons. The summed E-state index contributed by atoms with van der Waals surface area (Å²) in [7, 11) is 0. The van der Waals surface area contributed by atoms with Crippen LogP contribution in [0.1, 0.15) is 35.8 Å². The lowest BCUT2D eigenvalue weighted by Crippen LogP contribution is -2.51. The molecule has 0 bridgehead atoms. The van der Waals surface area contributed by atoms with E-state index in [-0.39, 0.29) is 17.6 Å². The molecule has 1 aromatic heterocycles. The monoisotopic (exact) mass is 250 g/mol. The van der Waals surface area contributed by atoms with Gasteiger partial charge in [0.2, 0.25) is 5.91 Å². The number of carboxylic acid groups (broad SMARTS) is 1. The van der Waals surface area contributed by atoms with Gasteiger partial charge in [0.05, 0.1) is 12.2 Å². The van der Waals surface area contributed by atoms with Gasteiger partial charge in [0.15, 0.2) is 5.69 Å². The smallest absolute Gasteiger partial charge is 0.358 e. The second-order valence-corrected chi connectivity index (χ2v) is 4.99. The van der Waals surface area contributed by atoms with Gasteiger partial charge in [0.1, 0.15) is 0 Å². The summed E-state index contributed by atoms with van der Waals surface area (Å²) in [5, 5.41) is 16.1. The molecule has 0 aromatic carbocycles. The van der Waals surface area contributed by atoms with E-state index in [4.69, 9.17) is 5.11 Å². The zero-order valence-corrected chi connectivity index (χ0v) is 9.82. The summed E-state index contributed by atoms with van der Waals surface area (Å²) in [4.78, 5) is 24.2. The molecule has 0 unspecified atom stereocenters. The van der Waals surface area contributed by atoms with Gasteiger partial charge in [-0.1, -0.05) is 5.21 Å². The molecule has 2 aliphatic rings. The summed E-state index contributed by atoms with van der Waals surface area (Å²) in [6.07, 6.45) is 4.42. The van der Waals surface area contributed by atoms with Gasteiger partial charge in [-0.2, -0.15) is 0 Å². The molecule has 1 N–H and O–H groups in total. The zero-order chi connectivity index (χ0) is 12.7.